The highest BCUT2D eigenvalue weighted by atomic mass is 19.1. The summed E-state index contributed by atoms with van der Waals surface area (Å²) in [5, 5.41) is 17.0. The van der Waals surface area contributed by atoms with E-state index in [0.717, 1.165) is 30.0 Å². The van der Waals surface area contributed by atoms with Crippen LogP contribution in [0.5, 0.6) is 5.75 Å². The first-order valence-corrected chi connectivity index (χ1v) is 10.6. The second-order valence-electron chi connectivity index (χ2n) is 7.20. The van der Waals surface area contributed by atoms with Crippen LogP contribution < -0.4 is 4.74 Å². The second kappa shape index (κ2) is 15.4. The number of rotatable bonds is 11. The Bertz CT molecular complexity index is 883. The van der Waals surface area contributed by atoms with Crippen LogP contribution in [0.15, 0.2) is 66.3 Å². The van der Waals surface area contributed by atoms with E-state index in [1.54, 1.807) is 49.4 Å². The van der Waals surface area contributed by atoms with Crippen LogP contribution in [0.25, 0.3) is 6.08 Å². The molecule has 2 aromatic rings. The van der Waals surface area contributed by atoms with E-state index in [9.17, 15) is 14.0 Å². The summed E-state index contributed by atoms with van der Waals surface area (Å²) in [6.07, 6.45) is 10.1. The highest BCUT2D eigenvalue weighted by Crippen LogP contribution is 2.15. The number of halogens is 1. The Morgan fingerprint density at radius 1 is 0.969 bits per heavy atom. The Hall–Kier alpha value is -3.41. The molecule has 0 aliphatic heterocycles. The van der Waals surface area contributed by atoms with Gasteiger partial charge in [-0.25, -0.2) is 14.0 Å². The Kier molecular flexibility index (Phi) is 12.8. The van der Waals surface area contributed by atoms with Crippen molar-refractivity contribution in [3.8, 4) is 5.75 Å². The summed E-state index contributed by atoms with van der Waals surface area (Å²) in [6, 6.07) is 13.1. The normalized spacial score (nSPS) is 11.0. The van der Waals surface area contributed by atoms with Crippen molar-refractivity contribution in [2.75, 3.05) is 0 Å². The number of hydrogen-bond donors (Lipinski definition) is 2. The number of hydrogen-bond acceptors (Lipinski definition) is 3. The lowest BCUT2D eigenvalue weighted by atomic mass is 10.1. The Balaban J connectivity index is 0.000000368. The molecule has 6 heteroatoms. The molecule has 0 aliphatic rings. The molecule has 0 radical (unpaired) electrons. The number of carboxylic acids is 2. The van der Waals surface area contributed by atoms with Crippen LogP contribution in [0.3, 0.4) is 0 Å². The molecule has 0 fully saturated rings. The van der Waals surface area contributed by atoms with E-state index in [4.69, 9.17) is 14.9 Å². The minimum absolute atomic E-state index is 0.275. The fourth-order valence-electron chi connectivity index (χ4n) is 2.57. The van der Waals surface area contributed by atoms with Gasteiger partial charge >= 0.3 is 11.9 Å². The first-order chi connectivity index (χ1) is 15.3. The molecule has 0 aromatic heterocycles. The molecule has 0 amide bonds. The van der Waals surface area contributed by atoms with Gasteiger partial charge in [0.1, 0.15) is 18.2 Å². The molecule has 172 valence electrons. The van der Waals surface area contributed by atoms with Gasteiger partial charge in [0.25, 0.3) is 0 Å². The SMILES string of the molecule is CCCCCCC=C(C)C(=O)O.O=C(O)C=Cc1ccc(OCc2ccc(F)cc2)cc1. The maximum atomic E-state index is 12.7. The minimum Gasteiger partial charge on any atom is -0.489 e. The minimum atomic E-state index is -0.985. The lowest BCUT2D eigenvalue weighted by molar-refractivity contribution is -0.133. The second-order valence-corrected chi connectivity index (χ2v) is 7.20. The van der Waals surface area contributed by atoms with Crippen LogP contribution in [0.2, 0.25) is 0 Å². The number of benzene rings is 2. The monoisotopic (exact) mass is 442 g/mol. The van der Waals surface area contributed by atoms with E-state index in [1.165, 1.54) is 37.5 Å². The van der Waals surface area contributed by atoms with Crippen LogP contribution in [0.1, 0.15) is 57.1 Å². The van der Waals surface area contributed by atoms with Gasteiger partial charge in [-0.2, -0.15) is 0 Å². The fourth-order valence-corrected chi connectivity index (χ4v) is 2.57. The largest absolute Gasteiger partial charge is 0.489 e. The van der Waals surface area contributed by atoms with E-state index >= 15 is 0 Å². The summed E-state index contributed by atoms with van der Waals surface area (Å²) in [4.78, 5) is 20.7. The molecule has 0 heterocycles. The molecular weight excluding hydrogens is 411 g/mol. The van der Waals surface area contributed by atoms with Crippen LogP contribution in [-0.4, -0.2) is 22.2 Å². The van der Waals surface area contributed by atoms with Gasteiger partial charge < -0.3 is 14.9 Å². The molecule has 0 unspecified atom stereocenters. The zero-order valence-corrected chi connectivity index (χ0v) is 18.6. The molecule has 2 rings (SSSR count). The predicted octanol–water partition coefficient (Wildman–Crippen LogP) is 6.49. The van der Waals surface area contributed by atoms with Gasteiger partial charge in [0.05, 0.1) is 0 Å². The van der Waals surface area contributed by atoms with E-state index < -0.39 is 11.9 Å². The molecule has 0 saturated carbocycles. The third-order valence-electron chi connectivity index (χ3n) is 4.46. The average Bonchev–Trinajstić information content (AvgIpc) is 2.78. The highest BCUT2D eigenvalue weighted by Gasteiger charge is 1.98. The van der Waals surface area contributed by atoms with Crippen molar-refractivity contribution in [2.45, 2.75) is 52.6 Å². The first kappa shape index (κ1) is 26.6. The number of ether oxygens (including phenoxy) is 1. The van der Waals surface area contributed by atoms with Gasteiger partial charge in [-0.05, 0) is 61.2 Å². The standard InChI is InChI=1S/C16H13FO3.C10H18O2/c17-14-6-1-13(2-7-14)11-20-15-8-3-12(4-9-15)5-10-16(18)19;1-3-4-5-6-7-8-9(2)10(11)12/h1-10H,11H2,(H,18,19);8H,3-7H2,1-2H3,(H,11,12). The van der Waals surface area contributed by atoms with E-state index in [2.05, 4.69) is 6.92 Å². The van der Waals surface area contributed by atoms with E-state index in [1.807, 2.05) is 0 Å². The molecule has 32 heavy (non-hydrogen) atoms. The lowest BCUT2D eigenvalue weighted by Crippen LogP contribution is -1.95. The predicted molar refractivity (Wildman–Crippen MR) is 124 cm³/mol. The van der Waals surface area contributed by atoms with Crippen LogP contribution >= 0.6 is 0 Å². The fraction of sp³-hybridized carbons (Fsp3) is 0.308. The maximum absolute atomic E-state index is 12.7. The van der Waals surface area contributed by atoms with Crippen molar-refractivity contribution in [1.82, 2.24) is 0 Å². The van der Waals surface area contributed by atoms with Crippen molar-refractivity contribution < 1.29 is 28.9 Å². The van der Waals surface area contributed by atoms with Crippen molar-refractivity contribution in [2.24, 2.45) is 0 Å². The molecular formula is C26H31FO5. The van der Waals surface area contributed by atoms with Gasteiger partial charge in [0.15, 0.2) is 0 Å². The van der Waals surface area contributed by atoms with Crippen LogP contribution in [-0.2, 0) is 16.2 Å². The summed E-state index contributed by atoms with van der Waals surface area (Å²) in [7, 11) is 0. The molecule has 0 saturated heterocycles. The number of allylic oxidation sites excluding steroid dienone is 1. The summed E-state index contributed by atoms with van der Waals surface area (Å²) in [5.74, 6) is -1.39. The van der Waals surface area contributed by atoms with Crippen LogP contribution in [0.4, 0.5) is 4.39 Å². The van der Waals surface area contributed by atoms with Gasteiger partial charge in [-0.15, -0.1) is 0 Å². The Morgan fingerprint density at radius 3 is 2.19 bits per heavy atom. The van der Waals surface area contributed by atoms with Gasteiger partial charge in [0, 0.05) is 11.6 Å². The van der Waals surface area contributed by atoms with Crippen molar-refractivity contribution in [3.05, 3.63) is 83.2 Å². The molecule has 0 atom stereocenters. The Labute approximate surface area is 188 Å². The molecule has 0 bridgehead atoms. The maximum Gasteiger partial charge on any atom is 0.330 e. The van der Waals surface area contributed by atoms with Crippen molar-refractivity contribution in [1.29, 1.82) is 0 Å². The number of aliphatic carboxylic acids is 2. The molecule has 5 nitrogen and oxygen atoms in total. The van der Waals surface area contributed by atoms with Gasteiger partial charge in [-0.1, -0.05) is 56.5 Å². The first-order valence-electron chi connectivity index (χ1n) is 10.6. The van der Waals surface area contributed by atoms with Crippen molar-refractivity contribution >= 4 is 18.0 Å². The smallest absolute Gasteiger partial charge is 0.330 e. The van der Waals surface area contributed by atoms with E-state index in [0.29, 0.717) is 17.9 Å². The highest BCUT2D eigenvalue weighted by molar-refractivity contribution is 5.85. The van der Waals surface area contributed by atoms with E-state index in [-0.39, 0.29) is 5.82 Å². The third-order valence-corrected chi connectivity index (χ3v) is 4.46. The lowest BCUT2D eigenvalue weighted by Gasteiger charge is -2.06. The number of unbranched alkanes of at least 4 members (excludes halogenated alkanes) is 4. The molecule has 0 aliphatic carbocycles. The average molecular weight is 443 g/mol. The summed E-state index contributed by atoms with van der Waals surface area (Å²) in [6.45, 7) is 4.16. The van der Waals surface area contributed by atoms with Gasteiger partial charge in [0.2, 0.25) is 0 Å². The zero-order chi connectivity index (χ0) is 23.8. The van der Waals surface area contributed by atoms with Crippen LogP contribution in [0, 0.1) is 5.82 Å². The van der Waals surface area contributed by atoms with Crippen molar-refractivity contribution in [3.63, 3.8) is 0 Å². The molecule has 2 aromatic carbocycles. The number of carbonyl (C=O) groups is 2. The molecule has 0 spiro atoms. The number of carboxylic acid groups (broad SMARTS) is 2. The quantitative estimate of drug-likeness (QED) is 0.307. The summed E-state index contributed by atoms with van der Waals surface area (Å²) >= 11 is 0. The third kappa shape index (κ3) is 12.3. The Morgan fingerprint density at radius 2 is 1.62 bits per heavy atom. The summed E-state index contributed by atoms with van der Waals surface area (Å²) < 4.78 is 18.3. The summed E-state index contributed by atoms with van der Waals surface area (Å²) in [5.41, 5.74) is 2.12. The molecule has 2 N–H and O–H groups in total. The topological polar surface area (TPSA) is 83.8 Å². The zero-order valence-electron chi connectivity index (χ0n) is 18.6. The van der Waals surface area contributed by atoms with Gasteiger partial charge in [-0.3, -0.25) is 0 Å².